The topological polar surface area (TPSA) is 90.7 Å². The Morgan fingerprint density at radius 3 is 2.33 bits per heavy atom. The highest BCUT2D eigenvalue weighted by Crippen LogP contribution is 2.64. The van der Waals surface area contributed by atoms with E-state index in [0.717, 1.165) is 24.3 Å². The third-order valence-electron chi connectivity index (χ3n) is 4.71. The number of aromatic nitrogens is 1. The minimum absolute atomic E-state index is 0.0187. The summed E-state index contributed by atoms with van der Waals surface area (Å²) in [5.74, 6) is -2.25. The molecule has 194 valence electrons. The van der Waals surface area contributed by atoms with Crippen LogP contribution in [0.25, 0.3) is 22.6 Å². The lowest BCUT2D eigenvalue weighted by Crippen LogP contribution is -2.34. The van der Waals surface area contributed by atoms with Crippen LogP contribution in [0.5, 0.6) is 0 Å². The van der Waals surface area contributed by atoms with Gasteiger partial charge in [0.15, 0.2) is 5.76 Å². The van der Waals surface area contributed by atoms with Crippen LogP contribution in [0.4, 0.5) is 23.2 Å². The van der Waals surface area contributed by atoms with E-state index in [1.807, 2.05) is 0 Å². The lowest BCUT2D eigenvalue weighted by molar-refractivity contribution is -0.137. The lowest BCUT2D eigenvalue weighted by atomic mass is 10.0. The number of amides is 1. The van der Waals surface area contributed by atoms with Crippen LogP contribution >= 0.6 is 30.8 Å². The Morgan fingerprint density at radius 1 is 1.08 bits per heavy atom. The summed E-state index contributed by atoms with van der Waals surface area (Å²) in [6, 6.07) is 9.47. The van der Waals surface area contributed by atoms with Crippen molar-refractivity contribution in [3.63, 3.8) is 0 Å². The quantitative estimate of drug-likeness (QED) is 0.163. The molecular weight excluding hydrogens is 550 g/mol. The van der Waals surface area contributed by atoms with E-state index in [1.54, 1.807) is 0 Å². The molecule has 0 unspecified atom stereocenters. The molecule has 0 fully saturated rings. The number of benzene rings is 2. The second kappa shape index (κ2) is 10.9. The van der Waals surface area contributed by atoms with Gasteiger partial charge in [-0.25, -0.2) is 4.39 Å². The molecule has 0 spiro atoms. The maximum Gasteiger partial charge on any atom is 0.417 e. The Morgan fingerprint density at radius 2 is 1.72 bits per heavy atom. The van der Waals surface area contributed by atoms with Crippen molar-refractivity contribution in [3.8, 4) is 22.6 Å². The summed E-state index contributed by atoms with van der Waals surface area (Å²) in [7, 11) is -4.28. The number of carbonyl (C=O) groups is 1. The third kappa shape index (κ3) is 5.76. The molecule has 14 heteroatoms. The maximum absolute atomic E-state index is 14.3. The monoisotopic (exact) mass is 568 g/mol. The summed E-state index contributed by atoms with van der Waals surface area (Å²) < 4.78 is 80.0. The Hall–Kier alpha value is -2.43. The first kappa shape index (κ1) is 28.1. The van der Waals surface area contributed by atoms with Gasteiger partial charge < -0.3 is 18.9 Å². The third-order valence-corrected chi connectivity index (χ3v) is 8.38. The standard InChI is InChI=1S/C22H19Cl2F4N2O5P/c1-3-33-36(32,34-4-2)21(23,24)20(31)29-14-8-5-7-13(11-14)18-12-17(30-35-18)19-15(22(26,27)28)9-6-10-16(19)25/h5-12H,3-4H2,1-2H3,(H,29,31). The number of nitrogens with zero attached hydrogens (tertiary/aromatic N) is 1. The fourth-order valence-corrected chi connectivity index (χ4v) is 5.23. The molecule has 0 aliphatic carbocycles. The summed E-state index contributed by atoms with van der Waals surface area (Å²) in [4.78, 5) is 12.7. The molecule has 1 N–H and O–H groups in total. The second-order valence-electron chi connectivity index (χ2n) is 7.15. The Balaban J connectivity index is 1.90. The van der Waals surface area contributed by atoms with Gasteiger partial charge in [-0.3, -0.25) is 9.36 Å². The minimum atomic E-state index is -4.82. The fraction of sp³-hybridized carbons (Fsp3) is 0.273. The van der Waals surface area contributed by atoms with Crippen molar-refractivity contribution in [2.75, 3.05) is 18.5 Å². The molecule has 0 saturated heterocycles. The summed E-state index contributed by atoms with van der Waals surface area (Å²) in [5, 5.41) is 5.97. The molecule has 0 radical (unpaired) electrons. The molecule has 36 heavy (non-hydrogen) atoms. The first-order valence-corrected chi connectivity index (χ1v) is 12.7. The highest BCUT2D eigenvalue weighted by atomic mass is 35.5. The summed E-state index contributed by atoms with van der Waals surface area (Å²) in [6.45, 7) is 2.85. The van der Waals surface area contributed by atoms with Gasteiger partial charge in [0.05, 0.1) is 24.3 Å². The van der Waals surface area contributed by atoms with E-state index in [9.17, 15) is 26.9 Å². The van der Waals surface area contributed by atoms with Gasteiger partial charge in [-0.15, -0.1) is 0 Å². The highest BCUT2D eigenvalue weighted by Gasteiger charge is 2.55. The van der Waals surface area contributed by atoms with Crippen LogP contribution in [0, 0.1) is 5.82 Å². The zero-order valence-electron chi connectivity index (χ0n) is 18.7. The molecule has 0 aliphatic rings. The fourth-order valence-electron chi connectivity index (χ4n) is 3.17. The van der Waals surface area contributed by atoms with Gasteiger partial charge in [0, 0.05) is 17.3 Å². The average molecular weight is 569 g/mol. The van der Waals surface area contributed by atoms with Crippen LogP contribution in [-0.4, -0.2) is 28.4 Å². The molecule has 1 amide bonds. The zero-order valence-corrected chi connectivity index (χ0v) is 21.1. The number of hydrogen-bond acceptors (Lipinski definition) is 6. The van der Waals surface area contributed by atoms with E-state index in [2.05, 4.69) is 10.5 Å². The van der Waals surface area contributed by atoms with Crippen molar-refractivity contribution >= 4 is 42.4 Å². The molecule has 1 heterocycles. The lowest BCUT2D eigenvalue weighted by Gasteiger charge is -2.27. The van der Waals surface area contributed by atoms with Crippen LogP contribution in [-0.2, 0) is 24.6 Å². The molecule has 3 rings (SSSR count). The number of nitrogens with one attached hydrogen (secondary N) is 1. The van der Waals surface area contributed by atoms with E-state index in [1.165, 1.54) is 38.1 Å². The Labute approximate surface area is 213 Å². The molecular formula is C22H19Cl2F4N2O5P. The van der Waals surface area contributed by atoms with Crippen molar-refractivity contribution < 1.29 is 40.5 Å². The van der Waals surface area contributed by atoms with Gasteiger partial charge in [-0.2, -0.15) is 13.2 Å². The number of anilines is 1. The van der Waals surface area contributed by atoms with Crippen molar-refractivity contribution in [2.24, 2.45) is 0 Å². The van der Waals surface area contributed by atoms with Gasteiger partial charge >= 0.3 is 13.8 Å². The van der Waals surface area contributed by atoms with Gasteiger partial charge in [-0.05, 0) is 38.1 Å². The average Bonchev–Trinajstić information content (AvgIpc) is 3.28. The number of rotatable bonds is 9. The Kier molecular flexibility index (Phi) is 8.52. The van der Waals surface area contributed by atoms with Crippen LogP contribution in [0.15, 0.2) is 53.1 Å². The van der Waals surface area contributed by atoms with Crippen LogP contribution in [0.1, 0.15) is 19.4 Å². The van der Waals surface area contributed by atoms with E-state index < -0.39 is 40.7 Å². The van der Waals surface area contributed by atoms with E-state index in [4.69, 9.17) is 36.8 Å². The zero-order chi connectivity index (χ0) is 26.7. The molecule has 0 aliphatic heterocycles. The van der Waals surface area contributed by atoms with Gasteiger partial charge in [0.25, 0.3) is 9.98 Å². The second-order valence-corrected chi connectivity index (χ2v) is 11.2. The van der Waals surface area contributed by atoms with E-state index in [0.29, 0.717) is 0 Å². The number of carbonyl (C=O) groups excluding carboxylic acids is 1. The number of hydrogen-bond donors (Lipinski definition) is 1. The predicted molar refractivity (Wildman–Crippen MR) is 126 cm³/mol. The van der Waals surface area contributed by atoms with Crippen LogP contribution in [0.3, 0.4) is 0 Å². The van der Waals surface area contributed by atoms with Crippen molar-refractivity contribution in [3.05, 3.63) is 59.9 Å². The smallest absolute Gasteiger partial charge is 0.356 e. The molecule has 2 aromatic carbocycles. The van der Waals surface area contributed by atoms with Crippen molar-refractivity contribution in [1.29, 1.82) is 0 Å². The van der Waals surface area contributed by atoms with Crippen LogP contribution in [0.2, 0.25) is 0 Å². The number of halogens is 6. The molecule has 3 aromatic rings. The van der Waals surface area contributed by atoms with E-state index in [-0.39, 0.29) is 35.9 Å². The van der Waals surface area contributed by atoms with E-state index >= 15 is 0 Å². The largest absolute Gasteiger partial charge is 0.417 e. The first-order valence-electron chi connectivity index (χ1n) is 10.4. The maximum atomic E-state index is 14.3. The number of alkyl halides is 5. The van der Waals surface area contributed by atoms with Gasteiger partial charge in [-0.1, -0.05) is 46.6 Å². The summed E-state index contributed by atoms with van der Waals surface area (Å²) in [6.07, 6.45) is -4.82. The van der Waals surface area contributed by atoms with Crippen molar-refractivity contribution in [1.82, 2.24) is 5.16 Å². The van der Waals surface area contributed by atoms with Crippen molar-refractivity contribution in [2.45, 2.75) is 24.1 Å². The summed E-state index contributed by atoms with van der Waals surface area (Å²) >= 11 is 12.2. The highest BCUT2D eigenvalue weighted by molar-refractivity contribution is 7.61. The first-order chi connectivity index (χ1) is 16.8. The molecule has 0 bridgehead atoms. The van der Waals surface area contributed by atoms with Gasteiger partial charge in [0.1, 0.15) is 11.5 Å². The molecule has 0 saturated carbocycles. The predicted octanol–water partition coefficient (Wildman–Crippen LogP) is 7.50. The molecule has 1 aromatic heterocycles. The molecule has 7 nitrogen and oxygen atoms in total. The van der Waals surface area contributed by atoms with Gasteiger partial charge in [0.2, 0.25) is 0 Å². The minimum Gasteiger partial charge on any atom is -0.356 e. The normalized spacial score (nSPS) is 12.6. The molecule has 0 atom stereocenters. The summed E-state index contributed by atoms with van der Waals surface area (Å²) in [5.41, 5.74) is -1.97. The SMILES string of the molecule is CCOP(=O)(OCC)C(Cl)(Cl)C(=O)Nc1cccc(-c2cc(-c3c(F)cccc3C(F)(F)F)no2)c1. The van der Waals surface area contributed by atoms with Crippen LogP contribution < -0.4 is 5.32 Å². The Bertz CT molecular complexity index is 1290.